The van der Waals surface area contributed by atoms with Gasteiger partial charge in [0, 0.05) is 30.9 Å². The highest BCUT2D eigenvalue weighted by molar-refractivity contribution is 7.89. The quantitative estimate of drug-likeness (QED) is 0.438. The highest BCUT2D eigenvalue weighted by atomic mass is 32.2. The fourth-order valence-corrected chi connectivity index (χ4v) is 5.10. The van der Waals surface area contributed by atoms with Crippen LogP contribution in [0.4, 0.5) is 0 Å². The maximum absolute atomic E-state index is 13.6. The van der Waals surface area contributed by atoms with E-state index in [-0.39, 0.29) is 0 Å². The number of sulfonamides is 1. The van der Waals surface area contributed by atoms with Gasteiger partial charge in [-0.2, -0.15) is 9.40 Å². The second-order valence-electron chi connectivity index (χ2n) is 8.02. The molecule has 3 aromatic rings. The van der Waals surface area contributed by atoms with E-state index in [1.165, 1.54) is 0 Å². The SMILES string of the molecule is CC[C@@H](C)c1ccc(S(=O)(=O)N(CCc2ccccc2)Cc2cnn(CC)c2C)cc1. The molecule has 0 bridgehead atoms. The predicted molar refractivity (Wildman–Crippen MR) is 126 cm³/mol. The minimum atomic E-state index is -3.64. The molecule has 0 fully saturated rings. The van der Waals surface area contributed by atoms with E-state index in [1.54, 1.807) is 22.6 Å². The first kappa shape index (κ1) is 23.2. The van der Waals surface area contributed by atoms with E-state index in [0.717, 1.165) is 35.3 Å². The van der Waals surface area contributed by atoms with Crippen molar-refractivity contribution in [3.8, 4) is 0 Å². The van der Waals surface area contributed by atoms with Crippen molar-refractivity contribution in [3.63, 3.8) is 0 Å². The first-order valence-electron chi connectivity index (χ1n) is 11.0. The van der Waals surface area contributed by atoms with E-state index < -0.39 is 10.0 Å². The Labute approximate surface area is 186 Å². The predicted octanol–water partition coefficient (Wildman–Crippen LogP) is 5.16. The average Bonchev–Trinajstić information content (AvgIpc) is 3.15. The Kier molecular flexibility index (Phi) is 7.68. The lowest BCUT2D eigenvalue weighted by Gasteiger charge is -2.23. The molecule has 1 aromatic heterocycles. The Morgan fingerprint density at radius 1 is 1.03 bits per heavy atom. The van der Waals surface area contributed by atoms with Crippen LogP contribution in [0.3, 0.4) is 0 Å². The van der Waals surface area contributed by atoms with E-state index in [1.807, 2.05) is 61.0 Å². The zero-order chi connectivity index (χ0) is 22.4. The average molecular weight is 440 g/mol. The minimum Gasteiger partial charge on any atom is -0.270 e. The van der Waals surface area contributed by atoms with Crippen LogP contribution in [-0.2, 0) is 29.5 Å². The van der Waals surface area contributed by atoms with Gasteiger partial charge in [-0.1, -0.05) is 56.3 Å². The van der Waals surface area contributed by atoms with Crippen molar-refractivity contribution in [3.05, 3.63) is 83.2 Å². The van der Waals surface area contributed by atoms with Crippen LogP contribution >= 0.6 is 0 Å². The molecule has 0 aliphatic carbocycles. The van der Waals surface area contributed by atoms with E-state index >= 15 is 0 Å². The zero-order valence-corrected chi connectivity index (χ0v) is 19.8. The van der Waals surface area contributed by atoms with Crippen LogP contribution < -0.4 is 0 Å². The van der Waals surface area contributed by atoms with Gasteiger partial charge >= 0.3 is 0 Å². The molecule has 0 unspecified atom stereocenters. The van der Waals surface area contributed by atoms with Gasteiger partial charge in [0.05, 0.1) is 11.1 Å². The third-order valence-electron chi connectivity index (χ3n) is 6.04. The Hall–Kier alpha value is -2.44. The van der Waals surface area contributed by atoms with Crippen LogP contribution in [0.2, 0.25) is 0 Å². The summed E-state index contributed by atoms with van der Waals surface area (Å²) in [6, 6.07) is 17.4. The number of hydrogen-bond acceptors (Lipinski definition) is 3. The number of hydrogen-bond donors (Lipinski definition) is 0. The molecule has 0 spiro atoms. The molecular formula is C25H33N3O2S. The third kappa shape index (κ3) is 5.43. The van der Waals surface area contributed by atoms with E-state index in [9.17, 15) is 8.42 Å². The molecule has 2 aromatic carbocycles. The number of aromatic nitrogens is 2. The van der Waals surface area contributed by atoms with Gasteiger partial charge in [0.2, 0.25) is 10.0 Å². The number of rotatable bonds is 10. The Bertz CT molecular complexity index is 1070. The molecule has 0 saturated carbocycles. The number of nitrogens with zero attached hydrogens (tertiary/aromatic N) is 3. The van der Waals surface area contributed by atoms with E-state index in [2.05, 4.69) is 18.9 Å². The summed E-state index contributed by atoms with van der Waals surface area (Å²) < 4.78 is 30.7. The smallest absolute Gasteiger partial charge is 0.243 e. The fourth-order valence-electron chi connectivity index (χ4n) is 3.69. The Morgan fingerprint density at radius 2 is 1.71 bits per heavy atom. The second-order valence-corrected chi connectivity index (χ2v) is 9.96. The molecular weight excluding hydrogens is 406 g/mol. The van der Waals surface area contributed by atoms with Crippen LogP contribution in [-0.4, -0.2) is 29.0 Å². The molecule has 1 atom stereocenters. The van der Waals surface area contributed by atoms with Crippen molar-refractivity contribution in [2.45, 2.75) is 64.4 Å². The lowest BCUT2D eigenvalue weighted by atomic mass is 9.99. The normalized spacial score (nSPS) is 12.9. The van der Waals surface area contributed by atoms with Gasteiger partial charge in [0.25, 0.3) is 0 Å². The molecule has 3 rings (SSSR count). The third-order valence-corrected chi connectivity index (χ3v) is 7.90. The van der Waals surface area contributed by atoms with Crippen LogP contribution in [0.5, 0.6) is 0 Å². The molecule has 5 nitrogen and oxygen atoms in total. The lowest BCUT2D eigenvalue weighted by molar-refractivity contribution is 0.408. The summed E-state index contributed by atoms with van der Waals surface area (Å²) in [5.74, 6) is 0.411. The lowest BCUT2D eigenvalue weighted by Crippen LogP contribution is -2.32. The molecule has 6 heteroatoms. The monoisotopic (exact) mass is 439 g/mol. The Morgan fingerprint density at radius 3 is 2.29 bits per heavy atom. The molecule has 166 valence electrons. The number of aryl methyl sites for hydroxylation is 1. The molecule has 0 saturated heterocycles. The van der Waals surface area contributed by atoms with Crippen molar-refractivity contribution in [2.75, 3.05) is 6.54 Å². The molecule has 0 aliphatic rings. The zero-order valence-electron chi connectivity index (χ0n) is 19.0. The van der Waals surface area contributed by atoms with Crippen LogP contribution in [0.15, 0.2) is 65.7 Å². The van der Waals surface area contributed by atoms with Crippen molar-refractivity contribution in [1.29, 1.82) is 0 Å². The van der Waals surface area contributed by atoms with Gasteiger partial charge in [-0.05, 0) is 55.9 Å². The summed E-state index contributed by atoms with van der Waals surface area (Å²) in [6.45, 7) is 9.81. The summed E-state index contributed by atoms with van der Waals surface area (Å²) in [4.78, 5) is 0.341. The van der Waals surface area contributed by atoms with Crippen LogP contribution in [0.1, 0.15) is 55.5 Å². The largest absolute Gasteiger partial charge is 0.270 e. The van der Waals surface area contributed by atoms with Crippen LogP contribution in [0, 0.1) is 6.92 Å². The molecule has 0 aliphatic heterocycles. The standard InChI is InChI=1S/C25H33N3O2S/c1-5-20(3)23-12-14-25(15-13-23)31(29,30)27(17-16-22-10-8-7-9-11-22)19-24-18-26-28(6-2)21(24)4/h7-15,18,20H,5-6,16-17,19H2,1-4H3/t20-/m1/s1. The minimum absolute atomic E-state index is 0.314. The maximum atomic E-state index is 13.6. The molecule has 0 radical (unpaired) electrons. The molecule has 0 amide bonds. The first-order chi connectivity index (χ1) is 14.9. The topological polar surface area (TPSA) is 55.2 Å². The van der Waals surface area contributed by atoms with Gasteiger partial charge < -0.3 is 0 Å². The summed E-state index contributed by atoms with van der Waals surface area (Å²) in [7, 11) is -3.64. The van der Waals surface area contributed by atoms with Gasteiger partial charge in [0.15, 0.2) is 0 Å². The summed E-state index contributed by atoms with van der Waals surface area (Å²) in [5.41, 5.74) is 4.23. The van der Waals surface area contributed by atoms with Crippen molar-refractivity contribution < 1.29 is 8.42 Å². The van der Waals surface area contributed by atoms with Crippen molar-refractivity contribution >= 4 is 10.0 Å². The van der Waals surface area contributed by atoms with E-state index in [4.69, 9.17) is 0 Å². The fraction of sp³-hybridized carbons (Fsp3) is 0.400. The Balaban J connectivity index is 1.90. The molecule has 1 heterocycles. The first-order valence-corrected chi connectivity index (χ1v) is 12.5. The summed E-state index contributed by atoms with van der Waals surface area (Å²) in [6.07, 6.45) is 3.47. The second kappa shape index (κ2) is 10.2. The summed E-state index contributed by atoms with van der Waals surface area (Å²) in [5, 5.41) is 4.40. The van der Waals surface area contributed by atoms with Crippen molar-refractivity contribution in [1.82, 2.24) is 14.1 Å². The summed E-state index contributed by atoms with van der Waals surface area (Å²) >= 11 is 0. The van der Waals surface area contributed by atoms with Gasteiger partial charge in [-0.15, -0.1) is 0 Å². The molecule has 0 N–H and O–H groups in total. The number of benzene rings is 2. The highest BCUT2D eigenvalue weighted by Crippen LogP contribution is 2.24. The van der Waals surface area contributed by atoms with E-state index in [0.29, 0.717) is 30.3 Å². The van der Waals surface area contributed by atoms with Crippen molar-refractivity contribution in [2.24, 2.45) is 0 Å². The molecule has 31 heavy (non-hydrogen) atoms. The van der Waals surface area contributed by atoms with Gasteiger partial charge in [0.1, 0.15) is 0 Å². The van der Waals surface area contributed by atoms with Crippen LogP contribution in [0.25, 0.3) is 0 Å². The maximum Gasteiger partial charge on any atom is 0.243 e. The van der Waals surface area contributed by atoms with Gasteiger partial charge in [-0.25, -0.2) is 8.42 Å². The van der Waals surface area contributed by atoms with Gasteiger partial charge in [-0.3, -0.25) is 4.68 Å². The highest BCUT2D eigenvalue weighted by Gasteiger charge is 2.26.